The smallest absolute Gasteiger partial charge is 0.179 e. The molecule has 1 aromatic heterocycles. The highest BCUT2D eigenvalue weighted by molar-refractivity contribution is 7.20. The molecule has 0 spiro atoms. The quantitative estimate of drug-likeness (QED) is 0.677. The lowest BCUT2D eigenvalue weighted by Gasteiger charge is -2.25. The van der Waals surface area contributed by atoms with Crippen molar-refractivity contribution in [3.8, 4) is 0 Å². The third kappa shape index (κ3) is 4.55. The summed E-state index contributed by atoms with van der Waals surface area (Å²) in [5.74, 6) is 0.00720. The van der Waals surface area contributed by atoms with Crippen LogP contribution in [0.25, 0.3) is 0 Å². The minimum absolute atomic E-state index is 0.00720. The molecular weight excluding hydrogens is 325 g/mol. The van der Waals surface area contributed by atoms with Crippen molar-refractivity contribution in [2.75, 3.05) is 6.54 Å². The normalized spacial score (nSPS) is 11.3. The third-order valence-corrected chi connectivity index (χ3v) is 4.75. The van der Waals surface area contributed by atoms with E-state index in [1.165, 1.54) is 16.9 Å². The number of carbonyl (C=O) groups is 1. The first-order chi connectivity index (χ1) is 9.97. The summed E-state index contributed by atoms with van der Waals surface area (Å²) in [5.41, 5.74) is 1.71. The predicted molar refractivity (Wildman–Crippen MR) is 90.7 cm³/mol. The summed E-state index contributed by atoms with van der Waals surface area (Å²) in [4.78, 5) is 14.5. The van der Waals surface area contributed by atoms with Crippen LogP contribution in [-0.4, -0.2) is 23.3 Å². The first kappa shape index (κ1) is 16.5. The van der Waals surface area contributed by atoms with Gasteiger partial charge in [-0.15, -0.1) is 11.3 Å². The van der Waals surface area contributed by atoms with Gasteiger partial charge in [-0.25, -0.2) is 0 Å². The molecule has 1 heterocycles. The number of halogens is 2. The van der Waals surface area contributed by atoms with Gasteiger partial charge in [0.05, 0.1) is 16.4 Å². The van der Waals surface area contributed by atoms with Gasteiger partial charge >= 0.3 is 0 Å². The van der Waals surface area contributed by atoms with E-state index in [9.17, 15) is 4.79 Å². The fraction of sp³-hybridized carbons (Fsp3) is 0.312. The predicted octanol–water partition coefficient (Wildman–Crippen LogP) is 5.15. The molecule has 0 fully saturated rings. The summed E-state index contributed by atoms with van der Waals surface area (Å²) in [6.07, 6.45) is 0. The molecule has 0 unspecified atom stereocenters. The Morgan fingerprint density at radius 1 is 1.24 bits per heavy atom. The van der Waals surface area contributed by atoms with E-state index in [0.717, 1.165) is 6.54 Å². The maximum Gasteiger partial charge on any atom is 0.179 e. The molecule has 21 heavy (non-hydrogen) atoms. The Kier molecular flexibility index (Phi) is 5.82. The van der Waals surface area contributed by atoms with Crippen LogP contribution in [0, 0.1) is 0 Å². The van der Waals surface area contributed by atoms with Crippen LogP contribution in [-0.2, 0) is 6.54 Å². The Morgan fingerprint density at radius 3 is 2.43 bits per heavy atom. The van der Waals surface area contributed by atoms with Gasteiger partial charge < -0.3 is 0 Å². The van der Waals surface area contributed by atoms with E-state index in [-0.39, 0.29) is 11.8 Å². The van der Waals surface area contributed by atoms with E-state index in [1.807, 2.05) is 18.2 Å². The highest BCUT2D eigenvalue weighted by Crippen LogP contribution is 2.31. The molecule has 0 aliphatic heterocycles. The highest BCUT2D eigenvalue weighted by atomic mass is 35.5. The zero-order chi connectivity index (χ0) is 15.4. The molecule has 0 saturated heterocycles. The highest BCUT2D eigenvalue weighted by Gasteiger charge is 2.19. The van der Waals surface area contributed by atoms with Gasteiger partial charge in [-0.1, -0.05) is 53.5 Å². The lowest BCUT2D eigenvalue weighted by molar-refractivity contribution is 0.0899. The summed E-state index contributed by atoms with van der Waals surface area (Å²) in [5, 5.41) is 0. The Labute approximate surface area is 139 Å². The van der Waals surface area contributed by atoms with Gasteiger partial charge in [0, 0.05) is 12.6 Å². The molecule has 2 rings (SSSR count). The number of thiophene rings is 1. The summed E-state index contributed by atoms with van der Waals surface area (Å²) in [6.45, 7) is 5.23. The summed E-state index contributed by atoms with van der Waals surface area (Å²) in [7, 11) is 0. The number of benzene rings is 1. The molecule has 0 radical (unpaired) electrons. The second-order valence-corrected chi connectivity index (χ2v) is 7.43. The zero-order valence-electron chi connectivity index (χ0n) is 12.0. The van der Waals surface area contributed by atoms with Crippen LogP contribution in [0.1, 0.15) is 29.8 Å². The number of rotatable bonds is 6. The molecule has 112 valence electrons. The average molecular weight is 342 g/mol. The molecule has 0 saturated carbocycles. The van der Waals surface area contributed by atoms with Crippen LogP contribution in [0.15, 0.2) is 36.4 Å². The van der Waals surface area contributed by atoms with E-state index in [1.54, 1.807) is 6.07 Å². The number of nitrogens with zero attached hydrogens (tertiary/aromatic N) is 1. The lowest BCUT2D eigenvalue weighted by Crippen LogP contribution is -2.35. The topological polar surface area (TPSA) is 20.3 Å². The number of hydrogen-bond acceptors (Lipinski definition) is 3. The molecule has 2 aromatic rings. The average Bonchev–Trinajstić information content (AvgIpc) is 2.78. The fourth-order valence-corrected chi connectivity index (χ4v) is 3.54. The standard InChI is InChI=1S/C16H17Cl2NOS/c1-11(2)19(9-12-6-4-3-5-7-12)10-14(20)13-8-15(17)21-16(13)18/h3-8,11H,9-10H2,1-2H3. The number of carbonyl (C=O) groups excluding carboxylic acids is 1. The molecule has 0 bridgehead atoms. The van der Waals surface area contributed by atoms with Crippen LogP contribution in [0.3, 0.4) is 0 Å². The number of Topliss-reactive ketones (excluding diaryl/α,β-unsaturated/α-hetero) is 1. The fourth-order valence-electron chi connectivity index (χ4n) is 2.04. The Morgan fingerprint density at radius 2 is 1.90 bits per heavy atom. The van der Waals surface area contributed by atoms with E-state index < -0.39 is 0 Å². The van der Waals surface area contributed by atoms with E-state index >= 15 is 0 Å². The van der Waals surface area contributed by atoms with Crippen molar-refractivity contribution in [1.29, 1.82) is 0 Å². The Bertz CT molecular complexity index is 610. The van der Waals surface area contributed by atoms with Crippen LogP contribution in [0.4, 0.5) is 0 Å². The van der Waals surface area contributed by atoms with E-state index in [4.69, 9.17) is 23.2 Å². The van der Waals surface area contributed by atoms with Crippen molar-refractivity contribution in [2.24, 2.45) is 0 Å². The maximum absolute atomic E-state index is 12.4. The SMILES string of the molecule is CC(C)N(CC(=O)c1cc(Cl)sc1Cl)Cc1ccccc1. The largest absolute Gasteiger partial charge is 0.293 e. The molecule has 0 N–H and O–H groups in total. The van der Waals surface area contributed by atoms with Gasteiger partial charge in [0.15, 0.2) is 5.78 Å². The van der Waals surface area contributed by atoms with Crippen LogP contribution in [0.5, 0.6) is 0 Å². The maximum atomic E-state index is 12.4. The second-order valence-electron chi connectivity index (χ2n) is 5.15. The molecule has 1 aromatic carbocycles. The zero-order valence-corrected chi connectivity index (χ0v) is 14.3. The molecule has 2 nitrogen and oxygen atoms in total. The minimum Gasteiger partial charge on any atom is -0.293 e. The molecule has 0 atom stereocenters. The third-order valence-electron chi connectivity index (χ3n) is 3.26. The van der Waals surface area contributed by atoms with Crippen LogP contribution < -0.4 is 0 Å². The summed E-state index contributed by atoms with van der Waals surface area (Å²) >= 11 is 13.2. The van der Waals surface area contributed by atoms with Gasteiger partial charge in [-0.3, -0.25) is 9.69 Å². The van der Waals surface area contributed by atoms with Gasteiger partial charge in [0.2, 0.25) is 0 Å². The molecule has 5 heteroatoms. The van der Waals surface area contributed by atoms with E-state index in [2.05, 4.69) is 30.9 Å². The molecule has 0 aliphatic carbocycles. The molecule has 0 amide bonds. The molecule has 0 aliphatic rings. The second kappa shape index (κ2) is 7.41. The number of hydrogen-bond donors (Lipinski definition) is 0. The van der Waals surface area contributed by atoms with Crippen molar-refractivity contribution in [1.82, 2.24) is 4.90 Å². The Balaban J connectivity index is 2.09. The van der Waals surface area contributed by atoms with Crippen molar-refractivity contribution in [2.45, 2.75) is 26.4 Å². The monoisotopic (exact) mass is 341 g/mol. The Hall–Kier alpha value is -0.870. The van der Waals surface area contributed by atoms with Gasteiger partial charge in [0.1, 0.15) is 4.34 Å². The number of ketones is 1. The van der Waals surface area contributed by atoms with Gasteiger partial charge in [-0.2, -0.15) is 0 Å². The first-order valence-electron chi connectivity index (χ1n) is 6.73. The minimum atomic E-state index is 0.00720. The van der Waals surface area contributed by atoms with Crippen molar-refractivity contribution in [3.05, 3.63) is 56.2 Å². The van der Waals surface area contributed by atoms with Crippen molar-refractivity contribution in [3.63, 3.8) is 0 Å². The summed E-state index contributed by atoms with van der Waals surface area (Å²) in [6, 6.07) is 12.0. The van der Waals surface area contributed by atoms with Gasteiger partial charge in [-0.05, 0) is 25.5 Å². The van der Waals surface area contributed by atoms with Crippen LogP contribution >= 0.6 is 34.5 Å². The van der Waals surface area contributed by atoms with Gasteiger partial charge in [0.25, 0.3) is 0 Å². The van der Waals surface area contributed by atoms with Crippen LogP contribution in [0.2, 0.25) is 8.67 Å². The summed E-state index contributed by atoms with van der Waals surface area (Å²) < 4.78 is 1.01. The lowest BCUT2D eigenvalue weighted by atomic mass is 10.1. The first-order valence-corrected chi connectivity index (χ1v) is 8.30. The van der Waals surface area contributed by atoms with E-state index in [0.29, 0.717) is 20.8 Å². The van der Waals surface area contributed by atoms with Crippen molar-refractivity contribution >= 4 is 40.3 Å². The molecular formula is C16H17Cl2NOS. The van der Waals surface area contributed by atoms with Crippen molar-refractivity contribution < 1.29 is 4.79 Å².